The van der Waals surface area contributed by atoms with Crippen molar-refractivity contribution in [3.8, 4) is 0 Å². The van der Waals surface area contributed by atoms with E-state index < -0.39 is 0 Å². The van der Waals surface area contributed by atoms with Crippen molar-refractivity contribution in [3.05, 3.63) is 28.5 Å². The summed E-state index contributed by atoms with van der Waals surface area (Å²) in [5.74, 6) is 0.806. The molecule has 1 nitrogen and oxygen atoms in total. The zero-order valence-electron chi connectivity index (χ0n) is 7.18. The number of nitrogens with zero attached hydrogens (tertiary/aromatic N) is 1. The number of rotatable bonds is 0. The molecule has 2 rings (SSSR count). The Morgan fingerprint density at radius 2 is 2.33 bits per heavy atom. The number of hydrogen-bond donors (Lipinski definition) is 0. The smallest absolute Gasteiger partial charge is 0.129 e. The predicted octanol–water partition coefficient (Wildman–Crippen LogP) is 2.86. The van der Waals surface area contributed by atoms with E-state index in [1.807, 2.05) is 6.07 Å². The van der Waals surface area contributed by atoms with Gasteiger partial charge in [-0.15, -0.1) is 0 Å². The van der Waals surface area contributed by atoms with Crippen molar-refractivity contribution in [2.24, 2.45) is 5.92 Å². The highest BCUT2D eigenvalue weighted by Crippen LogP contribution is 2.24. The molecule has 2 heteroatoms. The lowest BCUT2D eigenvalue weighted by Crippen LogP contribution is -2.12. The molecular formula is C10H12ClN. The summed E-state index contributed by atoms with van der Waals surface area (Å²) in [7, 11) is 0. The van der Waals surface area contributed by atoms with Crippen LogP contribution in [-0.2, 0) is 12.8 Å². The molecule has 1 heterocycles. The van der Waals surface area contributed by atoms with Crippen LogP contribution in [-0.4, -0.2) is 4.98 Å². The second kappa shape index (κ2) is 3.06. The summed E-state index contributed by atoms with van der Waals surface area (Å²) in [6.07, 6.45) is 3.51. The highest BCUT2D eigenvalue weighted by molar-refractivity contribution is 6.29. The van der Waals surface area contributed by atoms with Gasteiger partial charge in [-0.2, -0.15) is 0 Å². The summed E-state index contributed by atoms with van der Waals surface area (Å²) in [6.45, 7) is 2.29. The normalized spacial score (nSPS) is 22.0. The fourth-order valence-electron chi connectivity index (χ4n) is 1.77. The summed E-state index contributed by atoms with van der Waals surface area (Å²) < 4.78 is 0. The van der Waals surface area contributed by atoms with Crippen LogP contribution < -0.4 is 0 Å². The maximum Gasteiger partial charge on any atom is 0.129 e. The van der Waals surface area contributed by atoms with E-state index in [1.54, 1.807) is 0 Å². The third-order valence-electron chi connectivity index (χ3n) is 2.48. The van der Waals surface area contributed by atoms with Crippen LogP contribution in [0.1, 0.15) is 24.6 Å². The maximum atomic E-state index is 5.80. The highest BCUT2D eigenvalue weighted by atomic mass is 35.5. The van der Waals surface area contributed by atoms with E-state index in [0.29, 0.717) is 5.15 Å². The van der Waals surface area contributed by atoms with Gasteiger partial charge < -0.3 is 0 Å². The monoisotopic (exact) mass is 181 g/mol. The van der Waals surface area contributed by atoms with Crippen molar-refractivity contribution in [1.29, 1.82) is 0 Å². The third-order valence-corrected chi connectivity index (χ3v) is 2.69. The fourth-order valence-corrected chi connectivity index (χ4v) is 1.93. The van der Waals surface area contributed by atoms with E-state index in [9.17, 15) is 0 Å². The van der Waals surface area contributed by atoms with Gasteiger partial charge in [0.25, 0.3) is 0 Å². The van der Waals surface area contributed by atoms with Crippen LogP contribution in [0, 0.1) is 5.92 Å². The first-order valence-corrected chi connectivity index (χ1v) is 4.78. The van der Waals surface area contributed by atoms with Gasteiger partial charge in [0.05, 0.1) is 0 Å². The Kier molecular flexibility index (Phi) is 2.05. The van der Waals surface area contributed by atoms with Crippen molar-refractivity contribution in [2.45, 2.75) is 26.2 Å². The number of halogens is 1. The van der Waals surface area contributed by atoms with Crippen molar-refractivity contribution >= 4 is 11.6 Å². The van der Waals surface area contributed by atoms with Crippen molar-refractivity contribution in [2.75, 3.05) is 0 Å². The average Bonchev–Trinajstić information content (AvgIpc) is 2.05. The average molecular weight is 182 g/mol. The number of aryl methyl sites for hydroxylation is 1. The molecule has 0 radical (unpaired) electrons. The molecule has 1 aromatic rings. The van der Waals surface area contributed by atoms with Crippen LogP contribution in [0.3, 0.4) is 0 Å². The lowest BCUT2D eigenvalue weighted by Gasteiger charge is -2.20. The Hall–Kier alpha value is -0.560. The lowest BCUT2D eigenvalue weighted by molar-refractivity contribution is 0.494. The van der Waals surface area contributed by atoms with Crippen LogP contribution in [0.2, 0.25) is 5.15 Å². The maximum absolute atomic E-state index is 5.80. The van der Waals surface area contributed by atoms with Gasteiger partial charge in [-0.3, -0.25) is 0 Å². The molecule has 0 N–H and O–H groups in total. The Morgan fingerprint density at radius 1 is 1.50 bits per heavy atom. The summed E-state index contributed by atoms with van der Waals surface area (Å²) in [4.78, 5) is 4.31. The molecule has 0 unspecified atom stereocenters. The largest absolute Gasteiger partial charge is 0.241 e. The molecule has 1 aliphatic carbocycles. The van der Waals surface area contributed by atoms with Crippen molar-refractivity contribution in [1.82, 2.24) is 4.98 Å². The summed E-state index contributed by atoms with van der Waals surface area (Å²) in [5, 5.41) is 0.628. The molecule has 0 spiro atoms. The Balaban J connectivity index is 2.37. The zero-order chi connectivity index (χ0) is 8.55. The number of fused-ring (bicyclic) bond motifs is 1. The van der Waals surface area contributed by atoms with Gasteiger partial charge >= 0.3 is 0 Å². The number of pyridine rings is 1. The number of hydrogen-bond acceptors (Lipinski definition) is 1. The SMILES string of the molecule is C[C@H]1CCc2nc(Cl)ccc2C1. The van der Waals surface area contributed by atoms with Crippen LogP contribution >= 0.6 is 11.6 Å². The van der Waals surface area contributed by atoms with E-state index in [2.05, 4.69) is 18.0 Å². The first kappa shape index (κ1) is 8.06. The molecule has 0 saturated heterocycles. The molecule has 12 heavy (non-hydrogen) atoms. The predicted molar refractivity (Wildman–Crippen MR) is 50.4 cm³/mol. The minimum atomic E-state index is 0.628. The first-order valence-electron chi connectivity index (χ1n) is 4.40. The van der Waals surface area contributed by atoms with E-state index in [0.717, 1.165) is 12.3 Å². The van der Waals surface area contributed by atoms with E-state index in [-0.39, 0.29) is 0 Å². The molecule has 1 aromatic heterocycles. The van der Waals surface area contributed by atoms with Gasteiger partial charge in [0, 0.05) is 5.69 Å². The van der Waals surface area contributed by atoms with E-state index in [1.165, 1.54) is 24.1 Å². The molecule has 0 bridgehead atoms. The van der Waals surface area contributed by atoms with Gasteiger partial charge in [-0.25, -0.2) is 4.98 Å². The Labute approximate surface area is 77.8 Å². The van der Waals surface area contributed by atoms with Gasteiger partial charge in [-0.1, -0.05) is 24.6 Å². The summed E-state index contributed by atoms with van der Waals surface area (Å²) >= 11 is 5.80. The van der Waals surface area contributed by atoms with Gasteiger partial charge in [0.1, 0.15) is 5.15 Å². The standard InChI is InChI=1S/C10H12ClN/c1-7-2-4-9-8(6-7)3-5-10(11)12-9/h3,5,7H,2,4,6H2,1H3/t7-/m0/s1. The second-order valence-corrected chi connectivity index (χ2v) is 3.98. The minimum Gasteiger partial charge on any atom is -0.241 e. The summed E-state index contributed by atoms with van der Waals surface area (Å²) in [6, 6.07) is 4.00. The van der Waals surface area contributed by atoms with Crippen LogP contribution in [0.5, 0.6) is 0 Å². The zero-order valence-corrected chi connectivity index (χ0v) is 7.93. The summed E-state index contributed by atoms with van der Waals surface area (Å²) in [5.41, 5.74) is 2.60. The Bertz CT molecular complexity index is 296. The van der Waals surface area contributed by atoms with Crippen LogP contribution in [0.15, 0.2) is 12.1 Å². The first-order chi connectivity index (χ1) is 5.75. The molecule has 0 aliphatic heterocycles. The molecule has 0 fully saturated rings. The number of aromatic nitrogens is 1. The van der Waals surface area contributed by atoms with Crippen molar-refractivity contribution < 1.29 is 0 Å². The molecular weight excluding hydrogens is 170 g/mol. The second-order valence-electron chi connectivity index (χ2n) is 3.59. The van der Waals surface area contributed by atoms with E-state index >= 15 is 0 Å². The molecule has 64 valence electrons. The lowest BCUT2D eigenvalue weighted by atomic mass is 9.88. The van der Waals surface area contributed by atoms with Gasteiger partial charge in [0.15, 0.2) is 0 Å². The third kappa shape index (κ3) is 1.46. The van der Waals surface area contributed by atoms with Crippen LogP contribution in [0.25, 0.3) is 0 Å². The van der Waals surface area contributed by atoms with Gasteiger partial charge in [-0.05, 0) is 36.8 Å². The molecule has 0 amide bonds. The quantitative estimate of drug-likeness (QED) is 0.561. The van der Waals surface area contributed by atoms with Crippen LogP contribution in [0.4, 0.5) is 0 Å². The van der Waals surface area contributed by atoms with Crippen molar-refractivity contribution in [3.63, 3.8) is 0 Å². The molecule has 0 saturated carbocycles. The fraction of sp³-hybridized carbons (Fsp3) is 0.500. The topological polar surface area (TPSA) is 12.9 Å². The Morgan fingerprint density at radius 3 is 3.17 bits per heavy atom. The van der Waals surface area contributed by atoms with Gasteiger partial charge in [0.2, 0.25) is 0 Å². The molecule has 1 atom stereocenters. The molecule has 0 aromatic carbocycles. The molecule has 1 aliphatic rings. The minimum absolute atomic E-state index is 0.628. The van der Waals surface area contributed by atoms with E-state index in [4.69, 9.17) is 11.6 Å². The highest BCUT2D eigenvalue weighted by Gasteiger charge is 2.15.